The lowest BCUT2D eigenvalue weighted by molar-refractivity contribution is 0.102. The Morgan fingerprint density at radius 1 is 1.21 bits per heavy atom. The molecule has 2 N–H and O–H groups in total. The second-order valence-corrected chi connectivity index (χ2v) is 5.09. The van der Waals surface area contributed by atoms with Crippen LogP contribution in [0.2, 0.25) is 0 Å². The van der Waals surface area contributed by atoms with Crippen molar-refractivity contribution < 1.29 is 13.9 Å². The highest BCUT2D eigenvalue weighted by Gasteiger charge is 2.17. The average Bonchev–Trinajstić information content (AvgIpc) is 3.01. The number of rotatable bonds is 4. The Labute approximate surface area is 137 Å². The van der Waals surface area contributed by atoms with Crippen LogP contribution in [0.3, 0.4) is 0 Å². The van der Waals surface area contributed by atoms with E-state index in [1.807, 2.05) is 6.92 Å². The molecular formula is C17H15FN4O2. The van der Waals surface area contributed by atoms with Crippen LogP contribution in [0.25, 0.3) is 11.4 Å². The van der Waals surface area contributed by atoms with Crippen molar-refractivity contribution in [3.8, 4) is 17.1 Å². The Kier molecular flexibility index (Phi) is 4.24. The van der Waals surface area contributed by atoms with E-state index in [4.69, 9.17) is 4.74 Å². The van der Waals surface area contributed by atoms with E-state index in [9.17, 15) is 9.18 Å². The Morgan fingerprint density at radius 2 is 1.96 bits per heavy atom. The molecule has 1 heterocycles. The molecular weight excluding hydrogens is 311 g/mol. The van der Waals surface area contributed by atoms with E-state index in [1.54, 1.807) is 24.3 Å². The summed E-state index contributed by atoms with van der Waals surface area (Å²) < 4.78 is 19.0. The van der Waals surface area contributed by atoms with Crippen LogP contribution < -0.4 is 10.1 Å². The molecule has 6 nitrogen and oxygen atoms in total. The van der Waals surface area contributed by atoms with Gasteiger partial charge in [-0.15, -0.1) is 0 Å². The maximum atomic E-state index is 13.9. The number of nitrogens with zero attached hydrogens (tertiary/aromatic N) is 2. The fourth-order valence-electron chi connectivity index (χ4n) is 2.26. The number of methoxy groups -OCH3 is 1. The number of hydrogen-bond acceptors (Lipinski definition) is 4. The number of H-pyrrole nitrogens is 1. The van der Waals surface area contributed by atoms with Crippen molar-refractivity contribution in [3.63, 3.8) is 0 Å². The van der Waals surface area contributed by atoms with Gasteiger partial charge in [0.2, 0.25) is 0 Å². The smallest absolute Gasteiger partial charge is 0.262 e. The van der Waals surface area contributed by atoms with Gasteiger partial charge in [0.25, 0.3) is 5.91 Å². The van der Waals surface area contributed by atoms with Crippen molar-refractivity contribution in [2.75, 3.05) is 12.4 Å². The van der Waals surface area contributed by atoms with E-state index in [0.717, 1.165) is 5.56 Å². The molecule has 0 aliphatic rings. The number of nitrogens with one attached hydrogen (secondary N) is 2. The highest BCUT2D eigenvalue weighted by atomic mass is 19.1. The Balaban J connectivity index is 1.80. The molecule has 7 heteroatoms. The van der Waals surface area contributed by atoms with Gasteiger partial charge in [-0.3, -0.25) is 9.89 Å². The van der Waals surface area contributed by atoms with Crippen molar-refractivity contribution >= 4 is 11.6 Å². The quantitative estimate of drug-likeness (QED) is 0.772. The topological polar surface area (TPSA) is 79.9 Å². The van der Waals surface area contributed by atoms with E-state index < -0.39 is 11.7 Å². The molecule has 0 bridgehead atoms. The summed E-state index contributed by atoms with van der Waals surface area (Å²) in [5.74, 6) is 0.251. The van der Waals surface area contributed by atoms with Crippen molar-refractivity contribution in [1.29, 1.82) is 0 Å². The summed E-state index contributed by atoms with van der Waals surface area (Å²) >= 11 is 0. The van der Waals surface area contributed by atoms with Crippen LogP contribution in [-0.4, -0.2) is 28.2 Å². The summed E-state index contributed by atoms with van der Waals surface area (Å²) in [6.07, 6.45) is 0. The molecule has 2 aromatic carbocycles. The SMILES string of the molecule is COc1cccc(F)c1C(=O)Nc1ccc(-c2n[nH]c(C)n2)cc1. The number of carbonyl (C=O) groups is 1. The standard InChI is InChI=1S/C17H15FN4O2/c1-10-19-16(22-21-10)11-6-8-12(9-7-11)20-17(23)15-13(18)4-3-5-14(15)24-2/h3-9H,1-2H3,(H,20,23)(H,19,21,22). The van der Waals surface area contributed by atoms with Crippen molar-refractivity contribution in [3.05, 3.63) is 59.7 Å². The molecule has 0 spiro atoms. The molecule has 3 aromatic rings. The number of aromatic nitrogens is 3. The molecule has 24 heavy (non-hydrogen) atoms. The molecule has 0 atom stereocenters. The van der Waals surface area contributed by atoms with Crippen molar-refractivity contribution in [2.24, 2.45) is 0 Å². The normalized spacial score (nSPS) is 10.5. The first-order valence-corrected chi connectivity index (χ1v) is 7.22. The monoisotopic (exact) mass is 326 g/mol. The van der Waals surface area contributed by atoms with Gasteiger partial charge in [0.05, 0.1) is 7.11 Å². The van der Waals surface area contributed by atoms with Gasteiger partial charge in [0, 0.05) is 11.3 Å². The molecule has 0 saturated heterocycles. The lowest BCUT2D eigenvalue weighted by atomic mass is 10.1. The number of anilines is 1. The molecule has 122 valence electrons. The highest BCUT2D eigenvalue weighted by molar-refractivity contribution is 6.06. The third-order valence-corrected chi connectivity index (χ3v) is 3.42. The van der Waals surface area contributed by atoms with E-state index in [-0.39, 0.29) is 11.3 Å². The Hall–Kier alpha value is -3.22. The molecule has 0 unspecified atom stereocenters. The molecule has 3 rings (SSSR count). The second-order valence-electron chi connectivity index (χ2n) is 5.09. The van der Waals surface area contributed by atoms with Crippen LogP contribution in [0.4, 0.5) is 10.1 Å². The van der Waals surface area contributed by atoms with Gasteiger partial charge in [-0.25, -0.2) is 9.37 Å². The summed E-state index contributed by atoms with van der Waals surface area (Å²) in [7, 11) is 1.39. The largest absolute Gasteiger partial charge is 0.496 e. The molecule has 0 fully saturated rings. The van der Waals surface area contributed by atoms with Gasteiger partial charge in [-0.1, -0.05) is 6.07 Å². The second kappa shape index (κ2) is 6.49. The first kappa shape index (κ1) is 15.7. The summed E-state index contributed by atoms with van der Waals surface area (Å²) in [6, 6.07) is 11.2. The van der Waals surface area contributed by atoms with Crippen LogP contribution in [0.15, 0.2) is 42.5 Å². The average molecular weight is 326 g/mol. The fraction of sp³-hybridized carbons (Fsp3) is 0.118. The van der Waals surface area contributed by atoms with Crippen LogP contribution in [0.1, 0.15) is 16.2 Å². The minimum Gasteiger partial charge on any atom is -0.496 e. The minimum atomic E-state index is -0.639. The first-order chi connectivity index (χ1) is 11.6. The maximum Gasteiger partial charge on any atom is 0.262 e. The molecule has 0 radical (unpaired) electrons. The summed E-state index contributed by atoms with van der Waals surface area (Å²) in [5.41, 5.74) is 1.20. The van der Waals surface area contributed by atoms with Crippen LogP contribution >= 0.6 is 0 Å². The number of hydrogen-bond donors (Lipinski definition) is 2. The summed E-state index contributed by atoms with van der Waals surface area (Å²) in [6.45, 7) is 1.81. The number of carbonyl (C=O) groups excluding carboxylic acids is 1. The Bertz CT molecular complexity index is 875. The lowest BCUT2D eigenvalue weighted by Crippen LogP contribution is -2.15. The van der Waals surface area contributed by atoms with Crippen molar-refractivity contribution in [2.45, 2.75) is 6.92 Å². The number of ether oxygens (including phenoxy) is 1. The van der Waals surface area contributed by atoms with E-state index in [2.05, 4.69) is 20.5 Å². The maximum absolute atomic E-state index is 13.9. The number of halogens is 1. The fourth-order valence-corrected chi connectivity index (χ4v) is 2.26. The van der Waals surface area contributed by atoms with Gasteiger partial charge in [-0.05, 0) is 43.3 Å². The van der Waals surface area contributed by atoms with Gasteiger partial charge in [0.15, 0.2) is 5.82 Å². The van der Waals surface area contributed by atoms with Gasteiger partial charge in [-0.2, -0.15) is 5.10 Å². The highest BCUT2D eigenvalue weighted by Crippen LogP contribution is 2.23. The zero-order valence-electron chi connectivity index (χ0n) is 13.1. The lowest BCUT2D eigenvalue weighted by Gasteiger charge is -2.10. The van der Waals surface area contributed by atoms with Gasteiger partial charge < -0.3 is 10.1 Å². The van der Waals surface area contributed by atoms with E-state index in [0.29, 0.717) is 17.3 Å². The minimum absolute atomic E-state index is 0.131. The third kappa shape index (κ3) is 3.10. The third-order valence-electron chi connectivity index (χ3n) is 3.42. The van der Waals surface area contributed by atoms with Gasteiger partial charge in [0.1, 0.15) is 23.0 Å². The van der Waals surface area contributed by atoms with Crippen LogP contribution in [0.5, 0.6) is 5.75 Å². The molecule has 0 saturated carbocycles. The number of benzene rings is 2. The molecule has 1 amide bonds. The van der Waals surface area contributed by atoms with Crippen molar-refractivity contribution in [1.82, 2.24) is 15.2 Å². The summed E-state index contributed by atoms with van der Waals surface area (Å²) in [5, 5.41) is 9.49. The number of amides is 1. The van der Waals surface area contributed by atoms with E-state index in [1.165, 1.54) is 25.3 Å². The number of aromatic amines is 1. The molecule has 0 aliphatic heterocycles. The van der Waals surface area contributed by atoms with Crippen LogP contribution in [0, 0.1) is 12.7 Å². The van der Waals surface area contributed by atoms with Crippen LogP contribution in [-0.2, 0) is 0 Å². The number of aryl methyl sites for hydroxylation is 1. The van der Waals surface area contributed by atoms with E-state index >= 15 is 0 Å². The Morgan fingerprint density at radius 3 is 2.58 bits per heavy atom. The molecule has 1 aromatic heterocycles. The molecule has 0 aliphatic carbocycles. The zero-order chi connectivity index (χ0) is 17.1. The first-order valence-electron chi connectivity index (χ1n) is 7.22. The van der Waals surface area contributed by atoms with Gasteiger partial charge >= 0.3 is 0 Å². The summed E-state index contributed by atoms with van der Waals surface area (Å²) in [4.78, 5) is 16.5. The zero-order valence-corrected chi connectivity index (χ0v) is 13.1. The predicted octanol–water partition coefficient (Wildman–Crippen LogP) is 3.18. The predicted molar refractivity (Wildman–Crippen MR) is 87.5 cm³/mol.